The van der Waals surface area contributed by atoms with E-state index in [0.29, 0.717) is 18.9 Å². The molecule has 34 heavy (non-hydrogen) atoms. The van der Waals surface area contributed by atoms with E-state index in [1.54, 1.807) is 4.90 Å². The summed E-state index contributed by atoms with van der Waals surface area (Å²) in [5.74, 6) is -0.189. The van der Waals surface area contributed by atoms with Crippen LogP contribution in [0.1, 0.15) is 79.1 Å². The highest BCUT2D eigenvalue weighted by molar-refractivity contribution is 5.90. The van der Waals surface area contributed by atoms with Crippen LogP contribution in [-0.4, -0.2) is 58.5 Å². The van der Waals surface area contributed by atoms with E-state index in [9.17, 15) is 19.6 Å². The number of amides is 3. The van der Waals surface area contributed by atoms with Crippen LogP contribution in [0, 0.1) is 34.5 Å². The van der Waals surface area contributed by atoms with Gasteiger partial charge in [0.15, 0.2) is 0 Å². The summed E-state index contributed by atoms with van der Waals surface area (Å²) in [6, 6.07) is 0.873. The molecule has 5 rings (SSSR count). The van der Waals surface area contributed by atoms with E-state index in [4.69, 9.17) is 4.74 Å². The van der Waals surface area contributed by atoms with E-state index in [0.717, 1.165) is 38.5 Å². The zero-order valence-electron chi connectivity index (χ0n) is 20.9. The molecule has 0 aromatic rings. The van der Waals surface area contributed by atoms with Crippen molar-refractivity contribution in [2.75, 3.05) is 6.54 Å². The molecule has 2 N–H and O–H groups in total. The molecule has 0 bridgehead atoms. The highest BCUT2D eigenvalue weighted by Gasteiger charge is 2.69. The smallest absolute Gasteiger partial charge is 0.244 e. The average Bonchev–Trinajstić information content (AvgIpc) is 3.45. The molecule has 2 aliphatic heterocycles. The summed E-state index contributed by atoms with van der Waals surface area (Å²) in [7, 11) is 0. The van der Waals surface area contributed by atoms with Crippen LogP contribution in [0.25, 0.3) is 0 Å². The van der Waals surface area contributed by atoms with Gasteiger partial charge in [0.1, 0.15) is 12.1 Å². The number of fused-ring (bicyclic) bond motifs is 1. The van der Waals surface area contributed by atoms with Gasteiger partial charge in [-0.3, -0.25) is 14.4 Å². The minimum absolute atomic E-state index is 0.00609. The molecule has 2 saturated heterocycles. The van der Waals surface area contributed by atoms with E-state index in [1.165, 1.54) is 0 Å². The fourth-order valence-electron chi connectivity index (χ4n) is 6.86. The lowest BCUT2D eigenvalue weighted by Gasteiger charge is -2.40. The molecule has 0 aromatic heterocycles. The molecule has 0 radical (unpaired) electrons. The minimum Gasteiger partial charge on any atom is -0.372 e. The van der Waals surface area contributed by atoms with Gasteiger partial charge in [0, 0.05) is 18.0 Å². The number of carbonyl (C=O) groups excluding carboxylic acids is 3. The Morgan fingerprint density at radius 1 is 1.26 bits per heavy atom. The summed E-state index contributed by atoms with van der Waals surface area (Å²) in [6.07, 6.45) is 6.31. The van der Waals surface area contributed by atoms with E-state index < -0.39 is 12.1 Å². The van der Waals surface area contributed by atoms with Crippen LogP contribution in [0.15, 0.2) is 0 Å². The summed E-state index contributed by atoms with van der Waals surface area (Å²) in [6.45, 7) is 8.89. The van der Waals surface area contributed by atoms with Gasteiger partial charge >= 0.3 is 0 Å². The zero-order valence-corrected chi connectivity index (χ0v) is 20.9. The van der Waals surface area contributed by atoms with Crippen molar-refractivity contribution in [3.8, 4) is 6.07 Å². The fourth-order valence-corrected chi connectivity index (χ4v) is 6.86. The summed E-state index contributed by atoms with van der Waals surface area (Å²) >= 11 is 0. The second kappa shape index (κ2) is 7.94. The predicted molar refractivity (Wildman–Crippen MR) is 124 cm³/mol. The highest BCUT2D eigenvalue weighted by atomic mass is 16.5. The quantitative estimate of drug-likeness (QED) is 0.565. The van der Waals surface area contributed by atoms with Crippen molar-refractivity contribution in [2.45, 2.75) is 108 Å². The molecule has 5 fully saturated rings. The van der Waals surface area contributed by atoms with E-state index in [1.807, 2.05) is 6.92 Å². The third-order valence-corrected chi connectivity index (χ3v) is 9.40. The van der Waals surface area contributed by atoms with E-state index in [2.05, 4.69) is 37.5 Å². The van der Waals surface area contributed by atoms with Crippen LogP contribution in [0.5, 0.6) is 0 Å². The lowest BCUT2D eigenvalue weighted by molar-refractivity contribution is -0.150. The van der Waals surface area contributed by atoms with Gasteiger partial charge in [-0.25, -0.2) is 0 Å². The lowest BCUT2D eigenvalue weighted by atomic mass is 9.81. The number of piperidine rings is 1. The Labute approximate surface area is 202 Å². The maximum atomic E-state index is 13.4. The SMILES string of the molecule is C[C@H](CC(=O)N1CC2C([C@H]1C(=O)NC(C#N)CC1CC3(CC3)NC1=O)C2(C)C)OC1(C)CCC1. The Kier molecular flexibility index (Phi) is 5.51. The fraction of sp³-hybridized carbons (Fsp3) is 0.846. The number of likely N-dealkylation sites (tertiary alicyclic amines) is 1. The molecule has 2 heterocycles. The van der Waals surface area contributed by atoms with Gasteiger partial charge in [0.2, 0.25) is 17.7 Å². The van der Waals surface area contributed by atoms with Crippen LogP contribution in [0.2, 0.25) is 0 Å². The monoisotopic (exact) mass is 470 g/mol. The molecule has 4 unspecified atom stereocenters. The number of nitrogens with zero attached hydrogens (tertiary/aromatic N) is 2. The second-order valence-electron chi connectivity index (χ2n) is 12.5. The molecule has 3 amide bonds. The van der Waals surface area contributed by atoms with Gasteiger partial charge < -0.3 is 20.3 Å². The Bertz CT molecular complexity index is 932. The summed E-state index contributed by atoms with van der Waals surface area (Å²) in [5.41, 5.74) is -0.176. The average molecular weight is 471 g/mol. The summed E-state index contributed by atoms with van der Waals surface area (Å²) < 4.78 is 6.14. The number of nitriles is 1. The maximum Gasteiger partial charge on any atom is 0.244 e. The first-order valence-corrected chi connectivity index (χ1v) is 13.0. The normalized spacial score (nSPS) is 34.9. The molecule has 3 aliphatic carbocycles. The van der Waals surface area contributed by atoms with Crippen molar-refractivity contribution in [2.24, 2.45) is 23.2 Å². The number of ether oxygens (including phenoxy) is 1. The largest absolute Gasteiger partial charge is 0.372 e. The van der Waals surface area contributed by atoms with Gasteiger partial charge in [0.05, 0.1) is 24.2 Å². The van der Waals surface area contributed by atoms with Crippen LogP contribution in [0.4, 0.5) is 0 Å². The van der Waals surface area contributed by atoms with Crippen molar-refractivity contribution in [1.29, 1.82) is 5.26 Å². The Morgan fingerprint density at radius 2 is 1.97 bits per heavy atom. The maximum absolute atomic E-state index is 13.4. The van der Waals surface area contributed by atoms with Crippen molar-refractivity contribution in [3.05, 3.63) is 0 Å². The molecule has 3 saturated carbocycles. The second-order valence-corrected chi connectivity index (χ2v) is 12.5. The molecule has 0 aromatic carbocycles. The zero-order chi connectivity index (χ0) is 24.5. The van der Waals surface area contributed by atoms with Crippen LogP contribution < -0.4 is 10.6 Å². The van der Waals surface area contributed by atoms with Crippen molar-refractivity contribution in [3.63, 3.8) is 0 Å². The van der Waals surface area contributed by atoms with Crippen molar-refractivity contribution < 1.29 is 19.1 Å². The summed E-state index contributed by atoms with van der Waals surface area (Å²) in [5, 5.41) is 15.7. The van der Waals surface area contributed by atoms with Crippen molar-refractivity contribution >= 4 is 17.7 Å². The molecule has 5 aliphatic rings. The van der Waals surface area contributed by atoms with E-state index >= 15 is 0 Å². The number of nitrogens with one attached hydrogen (secondary N) is 2. The van der Waals surface area contributed by atoms with Crippen LogP contribution in [-0.2, 0) is 19.1 Å². The third-order valence-electron chi connectivity index (χ3n) is 9.40. The molecule has 6 atom stereocenters. The van der Waals surface area contributed by atoms with Crippen LogP contribution in [0.3, 0.4) is 0 Å². The standard InChI is InChI=1S/C26H38N4O4/c1-15(34-25(4)6-5-7-25)10-19(31)30-14-18-20(24(18,2)3)21(30)23(33)28-17(13-27)11-16-12-26(8-9-26)29-22(16)32/h15-18,20-21H,5-12,14H2,1-4H3,(H,28,33)(H,29,32)/t15-,16?,17?,18?,20?,21+/m1/s1. The molecular formula is C26H38N4O4. The number of hydrogen-bond donors (Lipinski definition) is 2. The van der Waals surface area contributed by atoms with Gasteiger partial charge in [-0.05, 0) is 76.0 Å². The first-order valence-electron chi connectivity index (χ1n) is 13.0. The minimum atomic E-state index is -0.740. The van der Waals surface area contributed by atoms with Gasteiger partial charge in [0.25, 0.3) is 0 Å². The van der Waals surface area contributed by atoms with Gasteiger partial charge in [-0.15, -0.1) is 0 Å². The Hall–Kier alpha value is -2.14. The Balaban J connectivity index is 1.22. The molecule has 186 valence electrons. The number of hydrogen-bond acceptors (Lipinski definition) is 5. The summed E-state index contributed by atoms with van der Waals surface area (Å²) in [4.78, 5) is 40.7. The highest BCUT2D eigenvalue weighted by Crippen LogP contribution is 2.65. The number of carbonyl (C=O) groups is 3. The van der Waals surface area contributed by atoms with Gasteiger partial charge in [-0.2, -0.15) is 5.26 Å². The van der Waals surface area contributed by atoms with E-state index in [-0.39, 0.29) is 58.6 Å². The molecule has 8 heteroatoms. The Morgan fingerprint density at radius 3 is 2.53 bits per heavy atom. The van der Waals surface area contributed by atoms with Gasteiger partial charge in [-0.1, -0.05) is 13.8 Å². The molecular weight excluding hydrogens is 432 g/mol. The first kappa shape index (κ1) is 23.6. The number of rotatable bonds is 8. The van der Waals surface area contributed by atoms with Crippen molar-refractivity contribution in [1.82, 2.24) is 15.5 Å². The topological polar surface area (TPSA) is 112 Å². The third kappa shape index (κ3) is 4.10. The predicted octanol–water partition coefficient (Wildman–Crippen LogP) is 2.27. The lowest BCUT2D eigenvalue weighted by Crippen LogP contribution is -2.52. The van der Waals surface area contributed by atoms with Crippen LogP contribution >= 0.6 is 0 Å². The first-order chi connectivity index (χ1) is 16.0. The molecule has 1 spiro atoms. The molecule has 8 nitrogen and oxygen atoms in total.